The summed E-state index contributed by atoms with van der Waals surface area (Å²) >= 11 is 1.15. The van der Waals surface area contributed by atoms with Crippen LogP contribution in [0.25, 0.3) is 15.2 Å². The zero-order valence-electron chi connectivity index (χ0n) is 23.9. The number of aliphatic hydroxyl groups is 2. The van der Waals surface area contributed by atoms with Crippen molar-refractivity contribution in [3.63, 3.8) is 0 Å². The summed E-state index contributed by atoms with van der Waals surface area (Å²) < 4.78 is 25.9. The fourth-order valence-corrected chi connectivity index (χ4v) is 5.39. The number of nitrogens with zero attached hydrogens (tertiary/aromatic N) is 5. The first-order valence-corrected chi connectivity index (χ1v) is 13.7. The van der Waals surface area contributed by atoms with Gasteiger partial charge in [-0.2, -0.15) is 10.2 Å². The molecular formula is C27H34FN5O8S. The Labute approximate surface area is 244 Å². The zero-order chi connectivity index (χ0) is 31.2. The first kappa shape index (κ1) is 32.6. The monoisotopic (exact) mass is 607 g/mol. The van der Waals surface area contributed by atoms with E-state index >= 15 is 0 Å². The number of halogens is 1. The zero-order valence-corrected chi connectivity index (χ0v) is 24.7. The van der Waals surface area contributed by atoms with Crippen LogP contribution in [0.1, 0.15) is 31.4 Å². The molecule has 42 heavy (non-hydrogen) atoms. The fraction of sp³-hybridized carbons (Fsp3) is 0.444. The van der Waals surface area contributed by atoms with Gasteiger partial charge in [0.15, 0.2) is 0 Å². The molecule has 0 amide bonds. The number of carbonyl (C=O) groups is 1. The number of ether oxygens (including phenoxy) is 2. The Morgan fingerprint density at radius 3 is 2.43 bits per heavy atom. The molecule has 0 bridgehead atoms. The predicted molar refractivity (Wildman–Crippen MR) is 153 cm³/mol. The van der Waals surface area contributed by atoms with Crippen molar-refractivity contribution in [3.8, 4) is 10.8 Å². The predicted octanol–water partition coefficient (Wildman–Crippen LogP) is 1.70. The lowest BCUT2D eigenvalue weighted by Crippen LogP contribution is -2.52. The highest BCUT2D eigenvalue weighted by Crippen LogP contribution is 2.31. The molecule has 3 N–H and O–H groups in total. The summed E-state index contributed by atoms with van der Waals surface area (Å²) in [5.41, 5.74) is -2.24. The minimum Gasteiger partial charge on any atom is -0.496 e. The first-order valence-electron chi connectivity index (χ1n) is 12.9. The Hall–Kier alpha value is -3.92. The SMILES string of the molecule is COCCC(O)CO.COc1ccc(F)cc1CCn1c(=O)n(C(C)(C)C(=O)O)c(=O)c2c(C)c(-n3nccn3)sc21. The number of carboxylic acid groups (broad SMARTS) is 1. The third kappa shape index (κ3) is 6.75. The van der Waals surface area contributed by atoms with Crippen molar-refractivity contribution in [3.05, 3.63) is 68.4 Å². The Morgan fingerprint density at radius 1 is 1.19 bits per heavy atom. The first-order chi connectivity index (χ1) is 19.9. The number of aliphatic carboxylic acids is 1. The largest absolute Gasteiger partial charge is 0.496 e. The lowest BCUT2D eigenvalue weighted by atomic mass is 10.1. The summed E-state index contributed by atoms with van der Waals surface area (Å²) in [5.74, 6) is -1.33. The molecule has 1 aromatic carbocycles. The molecule has 0 aliphatic heterocycles. The maximum absolute atomic E-state index is 13.9. The molecular weight excluding hydrogens is 573 g/mol. The smallest absolute Gasteiger partial charge is 0.333 e. The fourth-order valence-electron chi connectivity index (χ4n) is 4.15. The summed E-state index contributed by atoms with van der Waals surface area (Å²) in [5, 5.41) is 35.6. The number of thiophene rings is 1. The molecule has 1 unspecified atom stereocenters. The third-order valence-electron chi connectivity index (χ3n) is 6.58. The molecule has 4 aromatic rings. The number of fused-ring (bicyclic) bond motifs is 1. The minimum absolute atomic E-state index is 0.0526. The van der Waals surface area contributed by atoms with Crippen molar-refractivity contribution in [2.24, 2.45) is 0 Å². The lowest BCUT2D eigenvalue weighted by molar-refractivity contribution is -0.146. The van der Waals surface area contributed by atoms with E-state index in [1.165, 1.54) is 60.9 Å². The number of rotatable bonds is 11. The van der Waals surface area contributed by atoms with Crippen molar-refractivity contribution in [2.45, 2.75) is 51.8 Å². The summed E-state index contributed by atoms with van der Waals surface area (Å²) in [6, 6.07) is 4.08. The quantitative estimate of drug-likeness (QED) is 0.228. The van der Waals surface area contributed by atoms with Gasteiger partial charge < -0.3 is 24.8 Å². The Balaban J connectivity index is 0.000000531. The number of aromatic nitrogens is 5. The molecule has 3 heterocycles. The van der Waals surface area contributed by atoms with Crippen LogP contribution in [0, 0.1) is 12.7 Å². The van der Waals surface area contributed by atoms with Crippen molar-refractivity contribution in [1.82, 2.24) is 24.1 Å². The Morgan fingerprint density at radius 2 is 1.86 bits per heavy atom. The molecule has 228 valence electrons. The van der Waals surface area contributed by atoms with Crippen LogP contribution in [-0.2, 0) is 28.0 Å². The van der Waals surface area contributed by atoms with Crippen LogP contribution in [0.5, 0.6) is 5.75 Å². The van der Waals surface area contributed by atoms with Gasteiger partial charge in [0.25, 0.3) is 5.56 Å². The molecule has 0 radical (unpaired) electrons. The van der Waals surface area contributed by atoms with Crippen LogP contribution >= 0.6 is 11.3 Å². The number of carboxylic acids is 1. The van der Waals surface area contributed by atoms with Crippen molar-refractivity contribution in [1.29, 1.82) is 0 Å². The van der Waals surface area contributed by atoms with Crippen molar-refractivity contribution < 1.29 is 34.0 Å². The van der Waals surface area contributed by atoms with E-state index in [-0.39, 0.29) is 25.0 Å². The summed E-state index contributed by atoms with van der Waals surface area (Å²) in [7, 11) is 3.02. The molecule has 3 aromatic heterocycles. The summed E-state index contributed by atoms with van der Waals surface area (Å²) in [6.45, 7) is 4.66. The maximum Gasteiger partial charge on any atom is 0.333 e. The van der Waals surface area contributed by atoms with Gasteiger partial charge in [-0.25, -0.2) is 18.5 Å². The number of aliphatic hydroxyl groups excluding tert-OH is 2. The van der Waals surface area contributed by atoms with Gasteiger partial charge in [0.2, 0.25) is 0 Å². The van der Waals surface area contributed by atoms with Gasteiger partial charge in [-0.15, -0.1) is 4.80 Å². The number of aryl methyl sites for hydroxylation is 3. The second-order valence-corrected chi connectivity index (χ2v) is 10.8. The number of benzene rings is 1. The van der Waals surface area contributed by atoms with Crippen LogP contribution in [-0.4, -0.2) is 79.0 Å². The molecule has 0 fully saturated rings. The number of hydrogen-bond acceptors (Lipinski definition) is 10. The number of methoxy groups -OCH3 is 2. The van der Waals surface area contributed by atoms with Gasteiger partial charge in [-0.3, -0.25) is 9.36 Å². The molecule has 4 rings (SSSR count). The topological polar surface area (TPSA) is 171 Å². The van der Waals surface area contributed by atoms with Crippen molar-refractivity contribution in [2.75, 3.05) is 27.4 Å². The standard InChI is InChI=1S/C22H22FN5O5S.C5H12O3/c1-12-16-17(29)27(22(2,3)20(30)31)21(32)26(19(16)34-18(12)28-24-8-9-25-28)10-7-13-11-14(23)5-6-15(13)33-4;1-8-3-2-5(7)4-6/h5-6,8-9,11H,7,10H2,1-4H3,(H,30,31);5-7H,2-4H2,1H3. The van der Waals surface area contributed by atoms with Gasteiger partial charge in [-0.05, 0) is 57.4 Å². The third-order valence-corrected chi connectivity index (χ3v) is 7.86. The van der Waals surface area contributed by atoms with E-state index in [9.17, 15) is 23.9 Å². The highest BCUT2D eigenvalue weighted by molar-refractivity contribution is 7.21. The van der Waals surface area contributed by atoms with E-state index in [0.717, 1.165) is 15.9 Å². The van der Waals surface area contributed by atoms with Gasteiger partial charge in [0, 0.05) is 25.8 Å². The summed E-state index contributed by atoms with van der Waals surface area (Å²) in [4.78, 5) is 40.6. The highest BCUT2D eigenvalue weighted by atomic mass is 32.1. The van der Waals surface area contributed by atoms with E-state index in [2.05, 4.69) is 14.9 Å². The van der Waals surface area contributed by atoms with Gasteiger partial charge in [-0.1, -0.05) is 11.3 Å². The average molecular weight is 608 g/mol. The molecule has 0 aliphatic rings. The van der Waals surface area contributed by atoms with E-state index in [4.69, 9.17) is 14.9 Å². The number of hydrogen-bond donors (Lipinski definition) is 3. The Bertz CT molecular complexity index is 1640. The molecule has 13 nitrogen and oxygen atoms in total. The second-order valence-electron chi connectivity index (χ2n) is 9.79. The van der Waals surface area contributed by atoms with Crippen LogP contribution in [0.15, 0.2) is 40.2 Å². The Kier molecular flexibility index (Phi) is 10.7. The van der Waals surface area contributed by atoms with E-state index in [0.29, 0.717) is 39.7 Å². The summed E-state index contributed by atoms with van der Waals surface area (Å²) in [6.07, 6.45) is 3.06. The average Bonchev–Trinajstić information content (AvgIpc) is 3.60. The van der Waals surface area contributed by atoms with E-state index in [1.54, 1.807) is 14.0 Å². The molecule has 0 saturated heterocycles. The maximum atomic E-state index is 13.9. The molecule has 1 atom stereocenters. The van der Waals surface area contributed by atoms with Gasteiger partial charge in [0.1, 0.15) is 26.9 Å². The normalized spacial score (nSPS) is 12.2. The van der Waals surface area contributed by atoms with Crippen LogP contribution in [0.4, 0.5) is 4.39 Å². The second kappa shape index (κ2) is 13.8. The van der Waals surface area contributed by atoms with Crippen LogP contribution < -0.4 is 16.0 Å². The van der Waals surface area contributed by atoms with E-state index < -0.39 is 34.7 Å². The van der Waals surface area contributed by atoms with Crippen LogP contribution in [0.2, 0.25) is 0 Å². The van der Waals surface area contributed by atoms with E-state index in [1.807, 2.05) is 0 Å². The minimum atomic E-state index is -1.81. The van der Waals surface area contributed by atoms with Crippen molar-refractivity contribution >= 4 is 27.5 Å². The molecule has 0 saturated carbocycles. The van der Waals surface area contributed by atoms with Crippen LogP contribution in [0.3, 0.4) is 0 Å². The highest BCUT2D eigenvalue weighted by Gasteiger charge is 2.35. The van der Waals surface area contributed by atoms with Gasteiger partial charge in [0.05, 0.1) is 37.6 Å². The molecule has 0 aliphatic carbocycles. The lowest BCUT2D eigenvalue weighted by Gasteiger charge is -2.23. The molecule has 0 spiro atoms. The molecule has 15 heteroatoms. The van der Waals surface area contributed by atoms with Gasteiger partial charge >= 0.3 is 11.7 Å².